The van der Waals surface area contributed by atoms with Crippen LogP contribution in [0.3, 0.4) is 0 Å². The van der Waals surface area contributed by atoms with Crippen molar-refractivity contribution in [3.63, 3.8) is 0 Å². The Morgan fingerprint density at radius 2 is 2.25 bits per heavy atom. The fraction of sp³-hybridized carbons (Fsp3) is 0.571. The Kier molecular flexibility index (Phi) is 8.62. The number of hydrogen-bond acceptors (Lipinski definition) is 4. The van der Waals surface area contributed by atoms with Crippen LogP contribution in [0.5, 0.6) is 5.88 Å². The fourth-order valence-electron chi connectivity index (χ4n) is 1.59. The summed E-state index contributed by atoms with van der Waals surface area (Å²) in [7, 11) is 0. The van der Waals surface area contributed by atoms with Crippen molar-refractivity contribution in [1.82, 2.24) is 15.6 Å². The molecule has 20 heavy (non-hydrogen) atoms. The largest absolute Gasteiger partial charge is 0.478 e. The second-order valence-corrected chi connectivity index (χ2v) is 5.00. The van der Waals surface area contributed by atoms with Crippen molar-refractivity contribution < 1.29 is 4.74 Å². The predicted molar refractivity (Wildman–Crippen MR) is 86.6 cm³/mol. The third-order valence-electron chi connectivity index (χ3n) is 2.48. The predicted octanol–water partition coefficient (Wildman–Crippen LogP) is 1.90. The summed E-state index contributed by atoms with van der Waals surface area (Å²) in [6.45, 7) is 6.92. The molecule has 1 heterocycles. The van der Waals surface area contributed by atoms with Gasteiger partial charge in [0.25, 0.3) is 0 Å². The summed E-state index contributed by atoms with van der Waals surface area (Å²) in [5, 5.41) is 6.53. The Morgan fingerprint density at radius 3 is 2.95 bits per heavy atom. The molecule has 2 N–H and O–H groups in total. The number of thioether (sulfide) groups is 1. The van der Waals surface area contributed by atoms with E-state index in [-0.39, 0.29) is 0 Å². The molecular formula is C14H24N4OS. The van der Waals surface area contributed by atoms with E-state index in [1.54, 1.807) is 6.20 Å². The van der Waals surface area contributed by atoms with Crippen molar-refractivity contribution >= 4 is 17.7 Å². The Hall–Kier alpha value is -1.43. The summed E-state index contributed by atoms with van der Waals surface area (Å²) in [5.41, 5.74) is 0.997. The lowest BCUT2D eigenvalue weighted by atomic mass is 10.3. The molecule has 1 rings (SSSR count). The van der Waals surface area contributed by atoms with E-state index in [0.717, 1.165) is 30.4 Å². The third kappa shape index (κ3) is 6.14. The first-order valence-electron chi connectivity index (χ1n) is 6.89. The minimum Gasteiger partial charge on any atom is -0.478 e. The number of hydrogen-bond donors (Lipinski definition) is 2. The van der Waals surface area contributed by atoms with Crippen molar-refractivity contribution in [3.05, 3.63) is 23.9 Å². The van der Waals surface area contributed by atoms with Crippen molar-refractivity contribution in [2.24, 2.45) is 4.99 Å². The molecule has 5 nitrogen and oxygen atoms in total. The number of aliphatic imine (C=N–C) groups is 1. The lowest BCUT2D eigenvalue weighted by Gasteiger charge is -2.11. The summed E-state index contributed by atoms with van der Waals surface area (Å²) in [6.07, 6.45) is 3.83. The zero-order chi connectivity index (χ0) is 14.6. The molecule has 0 saturated heterocycles. The average molecular weight is 296 g/mol. The first-order chi connectivity index (χ1) is 9.81. The number of ether oxygens (including phenoxy) is 1. The number of nitrogens with zero attached hydrogens (tertiary/aromatic N) is 2. The highest BCUT2D eigenvalue weighted by atomic mass is 32.2. The Morgan fingerprint density at radius 1 is 1.40 bits per heavy atom. The van der Waals surface area contributed by atoms with Gasteiger partial charge in [0, 0.05) is 30.6 Å². The maximum atomic E-state index is 5.50. The molecular weight excluding hydrogens is 272 g/mol. The van der Waals surface area contributed by atoms with Crippen LogP contribution in [0.25, 0.3) is 0 Å². The van der Waals surface area contributed by atoms with Gasteiger partial charge >= 0.3 is 0 Å². The summed E-state index contributed by atoms with van der Waals surface area (Å²) >= 11 is 1.81. The molecule has 112 valence electrons. The lowest BCUT2D eigenvalue weighted by molar-refractivity contribution is 0.323. The molecule has 0 atom stereocenters. The van der Waals surface area contributed by atoms with Gasteiger partial charge in [-0.1, -0.05) is 6.07 Å². The molecule has 6 heteroatoms. The van der Waals surface area contributed by atoms with E-state index in [2.05, 4.69) is 33.8 Å². The zero-order valence-electron chi connectivity index (χ0n) is 12.5. The molecule has 0 radical (unpaired) electrons. The molecule has 0 aliphatic carbocycles. The van der Waals surface area contributed by atoms with Crippen molar-refractivity contribution in [2.75, 3.05) is 31.7 Å². The van der Waals surface area contributed by atoms with Gasteiger partial charge in [0.2, 0.25) is 5.88 Å². The van der Waals surface area contributed by atoms with Gasteiger partial charge in [-0.05, 0) is 26.2 Å². The minimum atomic E-state index is 0.553. The summed E-state index contributed by atoms with van der Waals surface area (Å²) < 4.78 is 5.50. The van der Waals surface area contributed by atoms with Gasteiger partial charge in [-0.15, -0.1) is 0 Å². The van der Waals surface area contributed by atoms with Gasteiger partial charge in [0.15, 0.2) is 5.96 Å². The highest BCUT2D eigenvalue weighted by Gasteiger charge is 2.04. The highest BCUT2D eigenvalue weighted by Crippen LogP contribution is 2.15. The van der Waals surface area contributed by atoms with Crippen LogP contribution in [0.1, 0.15) is 19.4 Å². The van der Waals surface area contributed by atoms with E-state index >= 15 is 0 Å². The number of nitrogens with one attached hydrogen (secondary N) is 2. The van der Waals surface area contributed by atoms with Gasteiger partial charge in [0.05, 0.1) is 13.2 Å². The molecule has 0 unspecified atom stereocenters. The first-order valence-corrected chi connectivity index (χ1v) is 8.29. The van der Waals surface area contributed by atoms with Gasteiger partial charge in [0.1, 0.15) is 0 Å². The normalized spacial score (nSPS) is 11.2. The standard InChI is InChI=1S/C14H24N4OS/c1-4-15-14(17-9-10-20-3)18-11-12-7-6-8-16-13(12)19-5-2/h6-8H,4-5,9-11H2,1-3H3,(H2,15,17,18). The second-order valence-electron chi connectivity index (χ2n) is 4.02. The molecule has 1 aromatic rings. The van der Waals surface area contributed by atoms with E-state index in [9.17, 15) is 0 Å². The molecule has 0 fully saturated rings. The maximum Gasteiger partial charge on any atom is 0.218 e. The molecule has 0 saturated carbocycles. The van der Waals surface area contributed by atoms with E-state index < -0.39 is 0 Å². The summed E-state index contributed by atoms with van der Waals surface area (Å²) in [6, 6.07) is 3.90. The average Bonchev–Trinajstić information content (AvgIpc) is 2.46. The Labute approximate surface area is 125 Å². The maximum absolute atomic E-state index is 5.50. The topological polar surface area (TPSA) is 58.5 Å². The van der Waals surface area contributed by atoms with Crippen LogP contribution in [0.15, 0.2) is 23.3 Å². The van der Waals surface area contributed by atoms with Gasteiger partial charge in [-0.25, -0.2) is 9.98 Å². The first kappa shape index (κ1) is 16.6. The summed E-state index contributed by atoms with van der Waals surface area (Å²) in [4.78, 5) is 8.80. The van der Waals surface area contributed by atoms with Gasteiger partial charge in [-0.2, -0.15) is 11.8 Å². The smallest absolute Gasteiger partial charge is 0.218 e. The van der Waals surface area contributed by atoms with E-state index in [1.165, 1.54) is 0 Å². The molecule has 0 spiro atoms. The SMILES string of the molecule is CCNC(=NCc1cccnc1OCC)NCCSC. The minimum absolute atomic E-state index is 0.553. The van der Waals surface area contributed by atoms with Gasteiger partial charge < -0.3 is 15.4 Å². The number of pyridine rings is 1. The molecule has 0 aliphatic heterocycles. The van der Waals surface area contributed by atoms with Crippen LogP contribution in [-0.4, -0.2) is 42.6 Å². The molecule has 0 bridgehead atoms. The van der Waals surface area contributed by atoms with E-state index in [0.29, 0.717) is 19.0 Å². The second kappa shape index (κ2) is 10.4. The van der Waals surface area contributed by atoms with Crippen molar-refractivity contribution in [3.8, 4) is 5.88 Å². The van der Waals surface area contributed by atoms with Crippen LogP contribution in [0.4, 0.5) is 0 Å². The summed E-state index contributed by atoms with van der Waals surface area (Å²) in [5.74, 6) is 2.55. The number of guanidine groups is 1. The van der Waals surface area contributed by atoms with Crippen LogP contribution in [-0.2, 0) is 6.54 Å². The molecule has 0 aliphatic rings. The van der Waals surface area contributed by atoms with Crippen molar-refractivity contribution in [1.29, 1.82) is 0 Å². The van der Waals surface area contributed by atoms with Gasteiger partial charge in [-0.3, -0.25) is 0 Å². The molecule has 1 aromatic heterocycles. The third-order valence-corrected chi connectivity index (χ3v) is 3.09. The van der Waals surface area contributed by atoms with Crippen LogP contribution < -0.4 is 15.4 Å². The van der Waals surface area contributed by atoms with Crippen LogP contribution in [0, 0.1) is 0 Å². The zero-order valence-corrected chi connectivity index (χ0v) is 13.3. The highest BCUT2D eigenvalue weighted by molar-refractivity contribution is 7.98. The fourth-order valence-corrected chi connectivity index (χ4v) is 1.89. The monoisotopic (exact) mass is 296 g/mol. The van der Waals surface area contributed by atoms with E-state index in [1.807, 2.05) is 30.8 Å². The quantitative estimate of drug-likeness (QED) is 0.436. The molecule has 0 aromatic carbocycles. The van der Waals surface area contributed by atoms with E-state index in [4.69, 9.17) is 4.74 Å². The van der Waals surface area contributed by atoms with Crippen LogP contribution >= 0.6 is 11.8 Å². The Balaban J connectivity index is 2.65. The number of aromatic nitrogens is 1. The van der Waals surface area contributed by atoms with Crippen molar-refractivity contribution in [2.45, 2.75) is 20.4 Å². The Bertz CT molecular complexity index is 412. The molecule has 0 amide bonds. The number of rotatable bonds is 8. The lowest BCUT2D eigenvalue weighted by Crippen LogP contribution is -2.38. The van der Waals surface area contributed by atoms with Crippen LogP contribution in [0.2, 0.25) is 0 Å².